The van der Waals surface area contributed by atoms with Gasteiger partial charge < -0.3 is 14.8 Å². The molecule has 3 heterocycles. The molecular weight excluding hydrogens is 312 g/mol. The minimum Gasteiger partial charge on any atom is -0.337 e. The molecule has 1 atom stereocenters. The fraction of sp³-hybridized carbons (Fsp3) is 0.800. The molecule has 1 fully saturated rings. The summed E-state index contributed by atoms with van der Waals surface area (Å²) in [6.45, 7) is 9.41. The van der Waals surface area contributed by atoms with E-state index in [2.05, 4.69) is 45.1 Å². The lowest BCUT2D eigenvalue weighted by Gasteiger charge is -2.46. The summed E-state index contributed by atoms with van der Waals surface area (Å²) in [6.07, 6.45) is 2.99. The zero-order valence-electron chi connectivity index (χ0n) is 14.2. The van der Waals surface area contributed by atoms with E-state index in [-0.39, 0.29) is 6.03 Å². The topological polar surface area (TPSA) is 66.3 Å². The lowest BCUT2D eigenvalue weighted by Crippen LogP contribution is -2.63. The molecule has 0 spiro atoms. The van der Waals surface area contributed by atoms with Crippen LogP contribution >= 0.6 is 11.8 Å². The molecule has 0 saturated carbocycles. The molecule has 1 aromatic rings. The maximum Gasteiger partial charge on any atom is 0.317 e. The van der Waals surface area contributed by atoms with Gasteiger partial charge in [0.25, 0.3) is 0 Å². The molecule has 1 aromatic heterocycles. The van der Waals surface area contributed by atoms with Crippen molar-refractivity contribution in [2.24, 2.45) is 0 Å². The average molecular weight is 338 g/mol. The van der Waals surface area contributed by atoms with Crippen LogP contribution in [0.2, 0.25) is 0 Å². The number of carbonyl (C=O) groups excluding carboxylic acids is 1. The van der Waals surface area contributed by atoms with Crippen molar-refractivity contribution < 1.29 is 4.79 Å². The molecule has 2 aliphatic rings. The molecule has 2 amide bonds. The van der Waals surface area contributed by atoms with E-state index >= 15 is 0 Å². The number of aryl methyl sites for hydroxylation is 1. The Morgan fingerprint density at radius 3 is 2.87 bits per heavy atom. The number of aromatic nitrogens is 3. The predicted molar refractivity (Wildman–Crippen MR) is 91.5 cm³/mol. The van der Waals surface area contributed by atoms with Crippen LogP contribution in [0.25, 0.3) is 0 Å². The molecule has 0 bridgehead atoms. The first-order valence-corrected chi connectivity index (χ1v) is 9.61. The van der Waals surface area contributed by atoms with Crippen molar-refractivity contribution in [2.75, 3.05) is 32.4 Å². The first kappa shape index (κ1) is 16.6. The highest BCUT2D eigenvalue weighted by Crippen LogP contribution is 2.21. The summed E-state index contributed by atoms with van der Waals surface area (Å²) in [5.74, 6) is 2.14. The molecule has 0 aliphatic carbocycles. The van der Waals surface area contributed by atoms with E-state index < -0.39 is 0 Å². The quantitative estimate of drug-likeness (QED) is 0.860. The summed E-state index contributed by atoms with van der Waals surface area (Å²) in [7, 11) is 0. The molecule has 3 rings (SSSR count). The van der Waals surface area contributed by atoms with Crippen LogP contribution in [0.1, 0.15) is 25.5 Å². The van der Waals surface area contributed by atoms with Crippen molar-refractivity contribution >= 4 is 17.8 Å². The summed E-state index contributed by atoms with van der Waals surface area (Å²) in [4.78, 5) is 16.4. The predicted octanol–water partition coefficient (Wildman–Crippen LogP) is 0.801. The number of thioether (sulfide) groups is 1. The van der Waals surface area contributed by atoms with Gasteiger partial charge in [0, 0.05) is 50.4 Å². The Hall–Kier alpha value is -1.28. The molecule has 0 aromatic carbocycles. The van der Waals surface area contributed by atoms with Gasteiger partial charge in [0.15, 0.2) is 0 Å². The minimum absolute atomic E-state index is 0.0654. The minimum atomic E-state index is 0.0654. The molecule has 0 radical (unpaired) electrons. The number of fused-ring (bicyclic) bond motifs is 1. The lowest BCUT2D eigenvalue weighted by atomic mass is 10.1. The zero-order valence-corrected chi connectivity index (χ0v) is 15.0. The van der Waals surface area contributed by atoms with E-state index in [0.29, 0.717) is 11.3 Å². The van der Waals surface area contributed by atoms with Gasteiger partial charge in [-0.15, -0.1) is 10.2 Å². The monoisotopic (exact) mass is 338 g/mol. The third kappa shape index (κ3) is 3.47. The first-order chi connectivity index (χ1) is 11.1. The third-order valence-corrected chi connectivity index (χ3v) is 5.76. The van der Waals surface area contributed by atoms with E-state index in [0.717, 1.165) is 57.3 Å². The molecule has 0 unspecified atom stereocenters. The van der Waals surface area contributed by atoms with Gasteiger partial charge in [-0.05, 0) is 6.26 Å². The van der Waals surface area contributed by atoms with Crippen molar-refractivity contribution in [3.63, 3.8) is 0 Å². The van der Waals surface area contributed by atoms with Crippen LogP contribution in [0.15, 0.2) is 0 Å². The van der Waals surface area contributed by atoms with E-state index in [9.17, 15) is 4.79 Å². The molecule has 7 nitrogen and oxygen atoms in total. The van der Waals surface area contributed by atoms with Gasteiger partial charge in [0.05, 0.1) is 6.54 Å². The molecular formula is C15H26N6OS. The Morgan fingerprint density at radius 2 is 2.17 bits per heavy atom. The van der Waals surface area contributed by atoms with E-state index in [1.54, 1.807) is 11.8 Å². The smallest absolute Gasteiger partial charge is 0.317 e. The van der Waals surface area contributed by atoms with E-state index in [4.69, 9.17) is 0 Å². The van der Waals surface area contributed by atoms with Crippen LogP contribution in [0.5, 0.6) is 0 Å². The Labute approximate surface area is 141 Å². The maximum atomic E-state index is 12.1. The number of nitrogens with zero attached hydrogens (tertiary/aromatic N) is 5. The fourth-order valence-corrected chi connectivity index (χ4v) is 3.34. The fourth-order valence-electron chi connectivity index (χ4n) is 3.09. The molecule has 8 heteroatoms. The molecule has 128 valence electrons. The number of carbonyl (C=O) groups is 1. The van der Waals surface area contributed by atoms with Gasteiger partial charge >= 0.3 is 6.03 Å². The molecule has 1 N–H and O–H groups in total. The summed E-state index contributed by atoms with van der Waals surface area (Å²) < 4.78 is 2.24. The second kappa shape index (κ2) is 7.09. The van der Waals surface area contributed by atoms with Crippen molar-refractivity contribution in [3.05, 3.63) is 11.6 Å². The Kier molecular flexibility index (Phi) is 5.11. The van der Waals surface area contributed by atoms with Crippen molar-refractivity contribution in [1.82, 2.24) is 29.9 Å². The van der Waals surface area contributed by atoms with Gasteiger partial charge in [-0.2, -0.15) is 11.8 Å². The molecule has 2 aliphatic heterocycles. The second-order valence-corrected chi connectivity index (χ2v) is 7.58. The SMILES string of the molecule is CCc1nnc2n1CCN(C1CN(C(=O)NC[C@H](C)SC)C1)C2. The highest BCUT2D eigenvalue weighted by molar-refractivity contribution is 7.99. The first-order valence-electron chi connectivity index (χ1n) is 8.33. The van der Waals surface area contributed by atoms with Crippen LogP contribution in [0.4, 0.5) is 4.79 Å². The normalized spacial score (nSPS) is 20.0. The van der Waals surface area contributed by atoms with Crippen LogP contribution in [0, 0.1) is 0 Å². The van der Waals surface area contributed by atoms with E-state index in [1.807, 2.05) is 4.90 Å². The number of hydrogen-bond donors (Lipinski definition) is 1. The third-order valence-electron chi connectivity index (χ3n) is 4.78. The zero-order chi connectivity index (χ0) is 16.4. The van der Waals surface area contributed by atoms with Gasteiger partial charge in [-0.1, -0.05) is 13.8 Å². The number of hydrogen-bond acceptors (Lipinski definition) is 5. The second-order valence-electron chi connectivity index (χ2n) is 6.30. The summed E-state index contributed by atoms with van der Waals surface area (Å²) in [5, 5.41) is 12.0. The summed E-state index contributed by atoms with van der Waals surface area (Å²) in [6, 6.07) is 0.518. The van der Waals surface area contributed by atoms with E-state index in [1.165, 1.54) is 0 Å². The summed E-state index contributed by atoms with van der Waals surface area (Å²) >= 11 is 1.77. The Morgan fingerprint density at radius 1 is 1.39 bits per heavy atom. The van der Waals surface area contributed by atoms with Crippen LogP contribution < -0.4 is 5.32 Å². The largest absolute Gasteiger partial charge is 0.337 e. The van der Waals surface area contributed by atoms with Crippen molar-refractivity contribution in [2.45, 2.75) is 44.6 Å². The Bertz CT molecular complexity index is 556. The maximum absolute atomic E-state index is 12.1. The average Bonchev–Trinajstić information content (AvgIpc) is 2.93. The van der Waals surface area contributed by atoms with Crippen LogP contribution in [-0.4, -0.2) is 74.3 Å². The van der Waals surface area contributed by atoms with Gasteiger partial charge in [-0.25, -0.2) is 4.79 Å². The van der Waals surface area contributed by atoms with Crippen LogP contribution in [-0.2, 0) is 19.5 Å². The number of likely N-dealkylation sites (tertiary alicyclic amines) is 1. The van der Waals surface area contributed by atoms with Crippen molar-refractivity contribution in [3.8, 4) is 0 Å². The summed E-state index contributed by atoms with van der Waals surface area (Å²) in [5.41, 5.74) is 0. The highest BCUT2D eigenvalue weighted by Gasteiger charge is 2.36. The number of urea groups is 1. The van der Waals surface area contributed by atoms with Gasteiger partial charge in [0.1, 0.15) is 11.6 Å². The number of rotatable bonds is 5. The van der Waals surface area contributed by atoms with Crippen LogP contribution in [0.3, 0.4) is 0 Å². The number of nitrogens with one attached hydrogen (secondary N) is 1. The van der Waals surface area contributed by atoms with Crippen molar-refractivity contribution in [1.29, 1.82) is 0 Å². The lowest BCUT2D eigenvalue weighted by molar-refractivity contribution is 0.0389. The number of amides is 2. The van der Waals surface area contributed by atoms with Gasteiger partial charge in [-0.3, -0.25) is 4.90 Å². The standard InChI is InChI=1S/C15H26N6OS/c1-4-13-17-18-14-10-19(5-6-21(13)14)12-8-20(9-12)15(22)16-7-11(2)23-3/h11-12H,4-10H2,1-3H3,(H,16,22)/t11-/m0/s1. The highest BCUT2D eigenvalue weighted by atomic mass is 32.2. The Balaban J connectivity index is 1.46. The van der Waals surface area contributed by atoms with Gasteiger partial charge in [0.2, 0.25) is 0 Å². The molecule has 23 heavy (non-hydrogen) atoms. The molecule has 1 saturated heterocycles.